The van der Waals surface area contributed by atoms with Gasteiger partial charge in [-0.1, -0.05) is 20.3 Å². The van der Waals surface area contributed by atoms with E-state index in [9.17, 15) is 0 Å². The van der Waals surface area contributed by atoms with Gasteiger partial charge in [0.1, 0.15) is 0 Å². The molecule has 34 valence electrons. The van der Waals surface area contributed by atoms with Gasteiger partial charge in [0.25, 0.3) is 0 Å². The maximum atomic E-state index is 7.72. The molecule has 0 bridgehead atoms. The van der Waals surface area contributed by atoms with Crippen molar-refractivity contribution in [3.05, 3.63) is 0 Å². The molecule has 6 heavy (non-hydrogen) atoms. The van der Waals surface area contributed by atoms with Crippen LogP contribution in [0.2, 0.25) is 0 Å². The standard InChI is InChI=1S/C3H8.ClO.Na/c1-3-2;1-2;/h3H2,1-2H3;;/q;-1;+1. The molecular formula is C3H8ClNaO. The molecule has 0 aromatic rings. The summed E-state index contributed by atoms with van der Waals surface area (Å²) in [5, 5.41) is 0. The van der Waals surface area contributed by atoms with Gasteiger partial charge in [-0.15, -0.1) is 0 Å². The Morgan fingerprint density at radius 2 is 1.33 bits per heavy atom. The molecule has 0 rings (SSSR count). The summed E-state index contributed by atoms with van der Waals surface area (Å²) in [5.74, 6) is 0. The van der Waals surface area contributed by atoms with E-state index in [1.807, 2.05) is 0 Å². The van der Waals surface area contributed by atoms with Crippen molar-refractivity contribution in [2.24, 2.45) is 0 Å². The number of hydrogen-bond donors (Lipinski definition) is 0. The van der Waals surface area contributed by atoms with Gasteiger partial charge < -0.3 is 4.66 Å². The van der Waals surface area contributed by atoms with Crippen molar-refractivity contribution in [3.63, 3.8) is 0 Å². The van der Waals surface area contributed by atoms with Gasteiger partial charge in [0.15, 0.2) is 0 Å². The van der Waals surface area contributed by atoms with E-state index in [-0.39, 0.29) is 29.6 Å². The Bertz CT molecular complexity index is 10.8. The van der Waals surface area contributed by atoms with Crippen LogP contribution in [-0.4, -0.2) is 0 Å². The molecule has 0 spiro atoms. The monoisotopic (exact) mass is 118 g/mol. The van der Waals surface area contributed by atoms with Crippen LogP contribution in [0.5, 0.6) is 0 Å². The minimum atomic E-state index is 0. The van der Waals surface area contributed by atoms with Crippen LogP contribution < -0.4 is 34.2 Å². The van der Waals surface area contributed by atoms with Gasteiger partial charge in [-0.05, 0) is 0 Å². The van der Waals surface area contributed by atoms with E-state index < -0.39 is 0 Å². The van der Waals surface area contributed by atoms with Crippen molar-refractivity contribution >= 4 is 11.9 Å². The molecule has 0 aliphatic rings. The zero-order valence-corrected chi connectivity index (χ0v) is 7.25. The number of halogens is 1. The zero-order valence-electron chi connectivity index (χ0n) is 4.49. The molecule has 1 nitrogen and oxygen atoms in total. The second kappa shape index (κ2) is 34.0. The molecule has 0 saturated carbocycles. The maximum Gasteiger partial charge on any atom is 1.00 e. The van der Waals surface area contributed by atoms with Crippen LogP contribution in [0.25, 0.3) is 0 Å². The molecule has 0 aromatic heterocycles. The smallest absolute Gasteiger partial charge is 0.769 e. The topological polar surface area (TPSA) is 23.1 Å². The molecule has 0 heterocycles. The quantitative estimate of drug-likeness (QED) is 0.335. The van der Waals surface area contributed by atoms with Crippen LogP contribution in [0, 0.1) is 0 Å². The molecular weight excluding hydrogens is 110 g/mol. The van der Waals surface area contributed by atoms with Gasteiger partial charge in [-0.25, -0.2) is 11.9 Å². The first kappa shape index (κ1) is 15.7. The molecule has 0 unspecified atom stereocenters. The Kier molecular flexibility index (Phi) is 88.9. The predicted molar refractivity (Wildman–Crippen MR) is 21.8 cm³/mol. The zero-order chi connectivity index (χ0) is 4.71. The van der Waals surface area contributed by atoms with Gasteiger partial charge >= 0.3 is 29.6 Å². The minimum absolute atomic E-state index is 0. The number of rotatable bonds is 0. The molecule has 0 fully saturated rings. The Morgan fingerprint density at radius 1 is 1.33 bits per heavy atom. The largest absolute Gasteiger partial charge is 1.00 e. The van der Waals surface area contributed by atoms with Gasteiger partial charge in [-0.3, -0.25) is 0 Å². The third-order valence-corrected chi connectivity index (χ3v) is 0. The summed E-state index contributed by atoms with van der Waals surface area (Å²) >= 11 is 3.39. The van der Waals surface area contributed by atoms with Gasteiger partial charge in [0, 0.05) is 0 Å². The first-order chi connectivity index (χ1) is 2.41. The summed E-state index contributed by atoms with van der Waals surface area (Å²) in [6.07, 6.45) is 1.25. The van der Waals surface area contributed by atoms with Gasteiger partial charge in [-0.2, -0.15) is 0 Å². The van der Waals surface area contributed by atoms with Crippen LogP contribution in [0.1, 0.15) is 20.3 Å². The second-order valence-corrected chi connectivity index (χ2v) is 0.707. The fraction of sp³-hybridized carbons (Fsp3) is 1.00. The molecule has 0 atom stereocenters. The van der Waals surface area contributed by atoms with E-state index in [1.54, 1.807) is 0 Å². The van der Waals surface area contributed by atoms with Crippen LogP contribution in [0.4, 0.5) is 0 Å². The molecule has 3 heteroatoms. The minimum Gasteiger partial charge on any atom is -0.769 e. The van der Waals surface area contributed by atoms with Crippen LogP contribution >= 0.6 is 11.9 Å². The van der Waals surface area contributed by atoms with Gasteiger partial charge in [0.2, 0.25) is 0 Å². The summed E-state index contributed by atoms with van der Waals surface area (Å²) < 4.78 is 7.72. The van der Waals surface area contributed by atoms with E-state index in [0.29, 0.717) is 0 Å². The van der Waals surface area contributed by atoms with Crippen molar-refractivity contribution in [2.45, 2.75) is 20.3 Å². The predicted octanol–water partition coefficient (Wildman–Crippen LogP) is -2.08. The fourth-order valence-corrected chi connectivity index (χ4v) is 0. The van der Waals surface area contributed by atoms with Crippen LogP contribution in [0.15, 0.2) is 0 Å². The summed E-state index contributed by atoms with van der Waals surface area (Å²) in [6.45, 7) is 4.25. The molecule has 0 saturated heterocycles. The van der Waals surface area contributed by atoms with Crippen LogP contribution in [-0.2, 0) is 0 Å². The van der Waals surface area contributed by atoms with E-state index in [4.69, 9.17) is 4.66 Å². The molecule has 0 aliphatic heterocycles. The SMILES string of the molecule is CCC.[Na+].[O-]Cl. The first-order valence-corrected chi connectivity index (χ1v) is 1.88. The Balaban J connectivity index is -0.0000000275. The average Bonchev–Trinajstić information content (AvgIpc) is 1.46. The molecule has 0 aliphatic carbocycles. The van der Waals surface area contributed by atoms with E-state index in [2.05, 4.69) is 25.7 Å². The molecule has 0 N–H and O–H groups in total. The summed E-state index contributed by atoms with van der Waals surface area (Å²) in [5.41, 5.74) is 0. The number of hydrogen-bond acceptors (Lipinski definition) is 1. The molecule has 0 amide bonds. The van der Waals surface area contributed by atoms with Crippen molar-refractivity contribution in [2.75, 3.05) is 0 Å². The van der Waals surface area contributed by atoms with Crippen molar-refractivity contribution in [1.29, 1.82) is 0 Å². The Hall–Kier alpha value is 1.25. The Labute approximate surface area is 66.2 Å². The van der Waals surface area contributed by atoms with Gasteiger partial charge in [0.05, 0.1) is 0 Å². The Morgan fingerprint density at radius 3 is 1.33 bits per heavy atom. The maximum absolute atomic E-state index is 7.72. The first-order valence-electron chi connectivity index (χ1n) is 1.57. The third kappa shape index (κ3) is 60.7. The van der Waals surface area contributed by atoms with E-state index in [0.717, 1.165) is 0 Å². The summed E-state index contributed by atoms with van der Waals surface area (Å²) in [6, 6.07) is 0. The summed E-state index contributed by atoms with van der Waals surface area (Å²) in [4.78, 5) is 0. The fourth-order valence-electron chi connectivity index (χ4n) is 0. The van der Waals surface area contributed by atoms with Crippen molar-refractivity contribution < 1.29 is 34.2 Å². The molecule has 0 radical (unpaired) electrons. The molecule has 0 aromatic carbocycles. The van der Waals surface area contributed by atoms with Crippen molar-refractivity contribution in [1.82, 2.24) is 0 Å². The van der Waals surface area contributed by atoms with Crippen LogP contribution in [0.3, 0.4) is 0 Å². The van der Waals surface area contributed by atoms with E-state index in [1.165, 1.54) is 6.42 Å². The van der Waals surface area contributed by atoms with E-state index >= 15 is 0 Å². The second-order valence-electron chi connectivity index (χ2n) is 0.707. The normalized spacial score (nSPS) is 4.00. The van der Waals surface area contributed by atoms with Crippen molar-refractivity contribution in [3.8, 4) is 0 Å². The third-order valence-electron chi connectivity index (χ3n) is 0. The summed E-state index contributed by atoms with van der Waals surface area (Å²) in [7, 11) is 0. The average molecular weight is 119 g/mol.